The summed E-state index contributed by atoms with van der Waals surface area (Å²) in [6.45, 7) is 2.28. The molecule has 0 aromatic carbocycles. The zero-order valence-electron chi connectivity index (χ0n) is 9.83. The molecule has 2 nitrogen and oxygen atoms in total. The van der Waals surface area contributed by atoms with E-state index < -0.39 is 0 Å². The third-order valence-electron chi connectivity index (χ3n) is 3.49. The second kappa shape index (κ2) is 7.98. The van der Waals surface area contributed by atoms with Crippen LogP contribution in [0.15, 0.2) is 0 Å². The summed E-state index contributed by atoms with van der Waals surface area (Å²) in [4.78, 5) is 11.0. The molecule has 90 valence electrons. The molecule has 3 heteroatoms. The molecule has 0 bridgehead atoms. The molecule has 0 spiro atoms. The van der Waals surface area contributed by atoms with Crippen molar-refractivity contribution in [2.45, 2.75) is 51.9 Å². The van der Waals surface area contributed by atoms with Gasteiger partial charge in [0, 0.05) is 6.42 Å². The standard InChI is InChI=1S/C12H22O2.ClH/c1-10(8-9-12(13)14-2)11-6-4-3-5-7-11;/h10-11H,3-9H2,1-2H3;1H. The predicted octanol–water partition coefficient (Wildman–Crippen LogP) is 3.58. The number of carbonyl (C=O) groups is 1. The van der Waals surface area contributed by atoms with Gasteiger partial charge >= 0.3 is 5.97 Å². The lowest BCUT2D eigenvalue weighted by Crippen LogP contribution is -2.16. The fourth-order valence-electron chi connectivity index (χ4n) is 2.39. The zero-order chi connectivity index (χ0) is 10.4. The molecular formula is C12H23ClO2. The summed E-state index contributed by atoms with van der Waals surface area (Å²) in [6, 6.07) is 0. The lowest BCUT2D eigenvalue weighted by molar-refractivity contribution is -0.141. The fourth-order valence-corrected chi connectivity index (χ4v) is 2.39. The third kappa shape index (κ3) is 5.41. The van der Waals surface area contributed by atoms with E-state index in [2.05, 4.69) is 11.7 Å². The van der Waals surface area contributed by atoms with Crippen molar-refractivity contribution in [1.82, 2.24) is 0 Å². The van der Waals surface area contributed by atoms with Gasteiger partial charge in [0.2, 0.25) is 0 Å². The van der Waals surface area contributed by atoms with Crippen molar-refractivity contribution >= 4 is 18.4 Å². The Kier molecular flexibility index (Phi) is 7.85. The van der Waals surface area contributed by atoms with Crippen molar-refractivity contribution in [3.05, 3.63) is 0 Å². The molecule has 1 aliphatic rings. The average molecular weight is 235 g/mol. The zero-order valence-corrected chi connectivity index (χ0v) is 10.6. The van der Waals surface area contributed by atoms with E-state index in [4.69, 9.17) is 0 Å². The maximum absolute atomic E-state index is 11.0. The minimum Gasteiger partial charge on any atom is -0.469 e. The number of carbonyl (C=O) groups excluding carboxylic acids is 1. The monoisotopic (exact) mass is 234 g/mol. The van der Waals surface area contributed by atoms with Crippen LogP contribution in [-0.4, -0.2) is 13.1 Å². The van der Waals surface area contributed by atoms with Crippen molar-refractivity contribution in [1.29, 1.82) is 0 Å². The Bertz CT molecular complexity index is 176. The Morgan fingerprint density at radius 3 is 2.47 bits per heavy atom. The summed E-state index contributed by atoms with van der Waals surface area (Å²) in [6.07, 6.45) is 8.48. The normalized spacial score (nSPS) is 19.1. The van der Waals surface area contributed by atoms with E-state index in [-0.39, 0.29) is 18.4 Å². The molecule has 0 aromatic heterocycles. The summed E-state index contributed by atoms with van der Waals surface area (Å²) in [7, 11) is 1.47. The molecule has 1 aliphatic carbocycles. The molecule has 0 saturated heterocycles. The van der Waals surface area contributed by atoms with Gasteiger partial charge in [-0.25, -0.2) is 0 Å². The maximum Gasteiger partial charge on any atom is 0.305 e. The Labute approximate surface area is 99.2 Å². The van der Waals surface area contributed by atoms with Crippen LogP contribution in [0.1, 0.15) is 51.9 Å². The maximum atomic E-state index is 11.0. The predicted molar refractivity (Wildman–Crippen MR) is 64.2 cm³/mol. The van der Waals surface area contributed by atoms with Crippen molar-refractivity contribution in [3.63, 3.8) is 0 Å². The van der Waals surface area contributed by atoms with E-state index >= 15 is 0 Å². The number of halogens is 1. The Morgan fingerprint density at radius 1 is 1.33 bits per heavy atom. The van der Waals surface area contributed by atoms with Crippen molar-refractivity contribution < 1.29 is 9.53 Å². The molecule has 1 fully saturated rings. The lowest BCUT2D eigenvalue weighted by Gasteiger charge is -2.27. The van der Waals surface area contributed by atoms with Crippen LogP contribution in [0.25, 0.3) is 0 Å². The highest BCUT2D eigenvalue weighted by Gasteiger charge is 2.20. The SMILES string of the molecule is COC(=O)CCC(C)C1CCCCC1.Cl. The van der Waals surface area contributed by atoms with Gasteiger partial charge in [-0.2, -0.15) is 0 Å². The molecule has 1 rings (SSSR count). The van der Waals surface area contributed by atoms with E-state index in [9.17, 15) is 4.79 Å². The molecule has 0 heterocycles. The van der Waals surface area contributed by atoms with E-state index in [1.54, 1.807) is 0 Å². The van der Waals surface area contributed by atoms with Crippen LogP contribution in [0.4, 0.5) is 0 Å². The second-order valence-corrected chi connectivity index (χ2v) is 4.49. The van der Waals surface area contributed by atoms with Gasteiger partial charge < -0.3 is 4.74 Å². The number of esters is 1. The van der Waals surface area contributed by atoms with Crippen LogP contribution in [0.5, 0.6) is 0 Å². The molecule has 0 amide bonds. The lowest BCUT2D eigenvalue weighted by atomic mass is 9.79. The van der Waals surface area contributed by atoms with E-state index in [1.165, 1.54) is 39.2 Å². The summed E-state index contributed by atoms with van der Waals surface area (Å²) in [5, 5.41) is 0. The smallest absolute Gasteiger partial charge is 0.305 e. The van der Waals surface area contributed by atoms with Gasteiger partial charge in [-0.05, 0) is 18.3 Å². The fraction of sp³-hybridized carbons (Fsp3) is 0.917. The third-order valence-corrected chi connectivity index (χ3v) is 3.49. The van der Waals surface area contributed by atoms with Crippen molar-refractivity contribution in [2.24, 2.45) is 11.8 Å². The van der Waals surface area contributed by atoms with Crippen LogP contribution in [-0.2, 0) is 9.53 Å². The van der Waals surface area contributed by atoms with Gasteiger partial charge in [0.15, 0.2) is 0 Å². The molecule has 0 aliphatic heterocycles. The highest BCUT2D eigenvalue weighted by Crippen LogP contribution is 2.31. The van der Waals surface area contributed by atoms with Gasteiger partial charge in [0.25, 0.3) is 0 Å². The molecule has 1 atom stereocenters. The molecular weight excluding hydrogens is 212 g/mol. The quantitative estimate of drug-likeness (QED) is 0.695. The Balaban J connectivity index is 0.00000196. The molecule has 0 N–H and O–H groups in total. The van der Waals surface area contributed by atoms with E-state index in [1.807, 2.05) is 0 Å². The van der Waals surface area contributed by atoms with Crippen LogP contribution in [0.3, 0.4) is 0 Å². The average Bonchev–Trinajstić information content (AvgIpc) is 2.26. The first-order chi connectivity index (χ1) is 6.74. The molecule has 1 unspecified atom stereocenters. The number of ether oxygens (including phenoxy) is 1. The first-order valence-electron chi connectivity index (χ1n) is 5.81. The minimum atomic E-state index is -0.0624. The Morgan fingerprint density at radius 2 is 1.93 bits per heavy atom. The van der Waals surface area contributed by atoms with Gasteiger partial charge in [0.1, 0.15) is 0 Å². The molecule has 15 heavy (non-hydrogen) atoms. The summed E-state index contributed by atoms with van der Waals surface area (Å²) in [5.74, 6) is 1.48. The number of hydrogen-bond donors (Lipinski definition) is 0. The largest absolute Gasteiger partial charge is 0.469 e. The van der Waals surface area contributed by atoms with Crippen LogP contribution < -0.4 is 0 Å². The van der Waals surface area contributed by atoms with Gasteiger partial charge in [-0.1, -0.05) is 39.0 Å². The topological polar surface area (TPSA) is 26.3 Å². The summed E-state index contributed by atoms with van der Waals surface area (Å²) in [5.41, 5.74) is 0. The summed E-state index contributed by atoms with van der Waals surface area (Å²) < 4.78 is 4.65. The summed E-state index contributed by atoms with van der Waals surface area (Å²) >= 11 is 0. The van der Waals surface area contributed by atoms with Gasteiger partial charge in [0.05, 0.1) is 7.11 Å². The van der Waals surface area contributed by atoms with Crippen LogP contribution in [0, 0.1) is 11.8 Å². The minimum absolute atomic E-state index is 0. The molecule has 0 radical (unpaired) electrons. The second-order valence-electron chi connectivity index (χ2n) is 4.49. The van der Waals surface area contributed by atoms with Gasteiger partial charge in [-0.3, -0.25) is 4.79 Å². The van der Waals surface area contributed by atoms with Crippen LogP contribution >= 0.6 is 12.4 Å². The van der Waals surface area contributed by atoms with Crippen molar-refractivity contribution in [3.8, 4) is 0 Å². The van der Waals surface area contributed by atoms with Crippen LogP contribution in [0.2, 0.25) is 0 Å². The Hall–Kier alpha value is -0.240. The molecule has 1 saturated carbocycles. The highest BCUT2D eigenvalue weighted by molar-refractivity contribution is 5.85. The highest BCUT2D eigenvalue weighted by atomic mass is 35.5. The number of rotatable bonds is 4. The molecule has 0 aromatic rings. The van der Waals surface area contributed by atoms with E-state index in [0.717, 1.165) is 12.3 Å². The first-order valence-corrected chi connectivity index (χ1v) is 5.81. The number of hydrogen-bond acceptors (Lipinski definition) is 2. The van der Waals surface area contributed by atoms with Crippen molar-refractivity contribution in [2.75, 3.05) is 7.11 Å². The first kappa shape index (κ1) is 14.8. The van der Waals surface area contributed by atoms with E-state index in [0.29, 0.717) is 12.3 Å². The number of methoxy groups -OCH3 is 1. The van der Waals surface area contributed by atoms with Gasteiger partial charge in [-0.15, -0.1) is 12.4 Å².